The SMILES string of the molecule is C=C(Br)Cn1cnc2c1CCCC2. The number of aromatic nitrogens is 2. The quantitative estimate of drug-likeness (QED) is 0.778. The summed E-state index contributed by atoms with van der Waals surface area (Å²) in [5.74, 6) is 0. The largest absolute Gasteiger partial charge is 0.329 e. The van der Waals surface area contributed by atoms with Gasteiger partial charge < -0.3 is 4.57 Å². The fourth-order valence-electron chi connectivity index (χ4n) is 1.85. The molecule has 1 heterocycles. The second kappa shape index (κ2) is 3.66. The molecule has 0 spiro atoms. The van der Waals surface area contributed by atoms with Gasteiger partial charge in [0.1, 0.15) is 0 Å². The van der Waals surface area contributed by atoms with Crippen LogP contribution < -0.4 is 0 Å². The fourth-order valence-corrected chi connectivity index (χ4v) is 2.12. The first kappa shape index (κ1) is 9.00. The van der Waals surface area contributed by atoms with Gasteiger partial charge in [-0.25, -0.2) is 4.98 Å². The van der Waals surface area contributed by atoms with Crippen LogP contribution in [0.5, 0.6) is 0 Å². The van der Waals surface area contributed by atoms with E-state index in [0.29, 0.717) is 0 Å². The highest BCUT2D eigenvalue weighted by atomic mass is 79.9. The van der Waals surface area contributed by atoms with Crippen LogP contribution in [-0.2, 0) is 19.4 Å². The minimum Gasteiger partial charge on any atom is -0.329 e. The predicted molar refractivity (Wildman–Crippen MR) is 56.9 cm³/mol. The van der Waals surface area contributed by atoms with Crippen molar-refractivity contribution in [2.75, 3.05) is 0 Å². The number of nitrogens with zero attached hydrogens (tertiary/aromatic N) is 2. The van der Waals surface area contributed by atoms with Crippen molar-refractivity contribution in [2.45, 2.75) is 32.2 Å². The van der Waals surface area contributed by atoms with Gasteiger partial charge in [-0.05, 0) is 25.7 Å². The summed E-state index contributed by atoms with van der Waals surface area (Å²) in [5, 5.41) is 0. The van der Waals surface area contributed by atoms with Crippen molar-refractivity contribution in [3.05, 3.63) is 28.8 Å². The normalized spacial score (nSPS) is 15.5. The van der Waals surface area contributed by atoms with Crippen LogP contribution in [0.25, 0.3) is 0 Å². The summed E-state index contributed by atoms with van der Waals surface area (Å²) in [7, 11) is 0. The van der Waals surface area contributed by atoms with Crippen LogP contribution >= 0.6 is 15.9 Å². The van der Waals surface area contributed by atoms with Gasteiger partial charge in [0.15, 0.2) is 0 Å². The molecule has 0 atom stereocenters. The molecule has 1 aliphatic rings. The Morgan fingerprint density at radius 1 is 1.54 bits per heavy atom. The lowest BCUT2D eigenvalue weighted by atomic mass is 10.0. The standard InChI is InChI=1S/C10H13BrN2/c1-8(11)6-13-7-12-9-4-2-3-5-10(9)13/h7H,1-6H2. The summed E-state index contributed by atoms with van der Waals surface area (Å²) in [5.41, 5.74) is 2.70. The zero-order valence-corrected chi connectivity index (χ0v) is 9.18. The lowest BCUT2D eigenvalue weighted by Crippen LogP contribution is -2.08. The number of allylic oxidation sites excluding steroid dienone is 1. The molecule has 0 aromatic carbocycles. The van der Waals surface area contributed by atoms with E-state index in [4.69, 9.17) is 0 Å². The van der Waals surface area contributed by atoms with E-state index in [9.17, 15) is 0 Å². The number of fused-ring (bicyclic) bond motifs is 1. The van der Waals surface area contributed by atoms with Gasteiger partial charge in [0.05, 0.1) is 18.6 Å². The molecule has 0 fully saturated rings. The highest BCUT2D eigenvalue weighted by molar-refractivity contribution is 9.11. The minimum atomic E-state index is 0.850. The third kappa shape index (κ3) is 1.85. The summed E-state index contributed by atoms with van der Waals surface area (Å²) >= 11 is 3.38. The molecule has 0 radical (unpaired) electrons. The van der Waals surface area contributed by atoms with Gasteiger partial charge in [-0.2, -0.15) is 0 Å². The molecule has 0 saturated heterocycles. The van der Waals surface area contributed by atoms with E-state index < -0.39 is 0 Å². The molecule has 2 rings (SSSR count). The molecule has 70 valence electrons. The predicted octanol–water partition coefficient (Wildman–Crippen LogP) is 2.67. The summed E-state index contributed by atoms with van der Waals surface area (Å²) < 4.78 is 3.21. The van der Waals surface area contributed by atoms with Gasteiger partial charge in [0, 0.05) is 10.2 Å². The summed E-state index contributed by atoms with van der Waals surface area (Å²) in [6.07, 6.45) is 6.85. The Kier molecular flexibility index (Phi) is 2.54. The van der Waals surface area contributed by atoms with Gasteiger partial charge >= 0.3 is 0 Å². The van der Waals surface area contributed by atoms with Crippen molar-refractivity contribution < 1.29 is 0 Å². The molecule has 0 amide bonds. The Labute approximate surface area is 86.8 Å². The molecular formula is C10H13BrN2. The van der Waals surface area contributed by atoms with Crippen LogP contribution in [0.15, 0.2) is 17.4 Å². The first-order valence-electron chi connectivity index (χ1n) is 4.63. The molecule has 0 N–H and O–H groups in total. The summed E-state index contributed by atoms with van der Waals surface area (Å²) in [6, 6.07) is 0. The third-order valence-corrected chi connectivity index (χ3v) is 2.70. The van der Waals surface area contributed by atoms with Crippen molar-refractivity contribution in [2.24, 2.45) is 0 Å². The summed E-state index contributed by atoms with van der Waals surface area (Å²) in [6.45, 7) is 4.70. The molecule has 13 heavy (non-hydrogen) atoms. The molecule has 3 heteroatoms. The van der Waals surface area contributed by atoms with E-state index in [-0.39, 0.29) is 0 Å². The highest BCUT2D eigenvalue weighted by Gasteiger charge is 2.14. The number of hydrogen-bond donors (Lipinski definition) is 0. The van der Waals surface area contributed by atoms with Crippen LogP contribution in [0.2, 0.25) is 0 Å². The average Bonchev–Trinajstić information content (AvgIpc) is 2.48. The van der Waals surface area contributed by atoms with E-state index in [0.717, 1.165) is 17.4 Å². The maximum Gasteiger partial charge on any atom is 0.0954 e. The first-order chi connectivity index (χ1) is 6.27. The minimum absolute atomic E-state index is 0.850. The Morgan fingerprint density at radius 2 is 2.31 bits per heavy atom. The Balaban J connectivity index is 2.26. The topological polar surface area (TPSA) is 17.8 Å². The van der Waals surface area contributed by atoms with Crippen molar-refractivity contribution in [3.8, 4) is 0 Å². The van der Waals surface area contributed by atoms with Crippen LogP contribution in [0, 0.1) is 0 Å². The molecule has 1 aromatic rings. The lowest BCUT2D eigenvalue weighted by molar-refractivity contribution is 0.631. The number of halogens is 1. The molecule has 0 unspecified atom stereocenters. The zero-order valence-electron chi connectivity index (χ0n) is 7.59. The van der Waals surface area contributed by atoms with Crippen molar-refractivity contribution in [1.29, 1.82) is 0 Å². The van der Waals surface area contributed by atoms with E-state index >= 15 is 0 Å². The van der Waals surface area contributed by atoms with Crippen molar-refractivity contribution in [1.82, 2.24) is 9.55 Å². The maximum atomic E-state index is 4.41. The number of imidazole rings is 1. The van der Waals surface area contributed by atoms with Crippen LogP contribution in [-0.4, -0.2) is 9.55 Å². The zero-order chi connectivity index (χ0) is 9.26. The van der Waals surface area contributed by atoms with Crippen LogP contribution in [0.3, 0.4) is 0 Å². The first-order valence-corrected chi connectivity index (χ1v) is 5.43. The van der Waals surface area contributed by atoms with E-state index in [1.807, 2.05) is 6.33 Å². The van der Waals surface area contributed by atoms with Crippen molar-refractivity contribution >= 4 is 15.9 Å². The van der Waals surface area contributed by atoms with Crippen LogP contribution in [0.1, 0.15) is 24.2 Å². The Morgan fingerprint density at radius 3 is 3.08 bits per heavy atom. The second-order valence-electron chi connectivity index (χ2n) is 3.49. The van der Waals surface area contributed by atoms with Crippen molar-refractivity contribution in [3.63, 3.8) is 0 Å². The molecule has 1 aromatic heterocycles. The summed E-state index contributed by atoms with van der Waals surface area (Å²) in [4.78, 5) is 4.41. The highest BCUT2D eigenvalue weighted by Crippen LogP contribution is 2.21. The van der Waals surface area contributed by atoms with Gasteiger partial charge in [0.2, 0.25) is 0 Å². The Hall–Kier alpha value is -0.570. The molecule has 2 nitrogen and oxygen atoms in total. The smallest absolute Gasteiger partial charge is 0.0954 e. The molecule has 0 aliphatic heterocycles. The third-order valence-electron chi connectivity index (χ3n) is 2.45. The Bertz CT molecular complexity index is 328. The van der Waals surface area contributed by atoms with Gasteiger partial charge in [-0.15, -0.1) is 0 Å². The molecule has 1 aliphatic carbocycles. The number of rotatable bonds is 2. The maximum absolute atomic E-state index is 4.41. The van der Waals surface area contributed by atoms with Crippen LogP contribution in [0.4, 0.5) is 0 Å². The monoisotopic (exact) mass is 240 g/mol. The number of aryl methyl sites for hydroxylation is 1. The van der Waals surface area contributed by atoms with E-state index in [2.05, 4.69) is 32.1 Å². The van der Waals surface area contributed by atoms with E-state index in [1.54, 1.807) is 0 Å². The van der Waals surface area contributed by atoms with E-state index in [1.165, 1.54) is 30.7 Å². The molecule has 0 bridgehead atoms. The van der Waals surface area contributed by atoms with Gasteiger partial charge in [-0.3, -0.25) is 0 Å². The molecule has 0 saturated carbocycles. The molecular weight excluding hydrogens is 228 g/mol. The fraction of sp³-hybridized carbons (Fsp3) is 0.500. The van der Waals surface area contributed by atoms with Gasteiger partial charge in [-0.1, -0.05) is 22.5 Å². The second-order valence-corrected chi connectivity index (χ2v) is 4.61. The number of hydrogen-bond acceptors (Lipinski definition) is 1. The lowest BCUT2D eigenvalue weighted by Gasteiger charge is -2.13. The average molecular weight is 241 g/mol. The van der Waals surface area contributed by atoms with Gasteiger partial charge in [0.25, 0.3) is 0 Å².